The number of benzene rings is 1. The van der Waals surface area contributed by atoms with Gasteiger partial charge in [-0.05, 0) is 52.9 Å². The van der Waals surface area contributed by atoms with Crippen LogP contribution in [0.4, 0.5) is 14.9 Å². The van der Waals surface area contributed by atoms with Crippen LogP contribution in [-0.4, -0.2) is 23.1 Å². The maximum Gasteiger partial charge on any atom is 0.326 e. The molecule has 1 fully saturated rings. The maximum atomic E-state index is 13.0. The van der Waals surface area contributed by atoms with Crippen LogP contribution in [0.3, 0.4) is 0 Å². The van der Waals surface area contributed by atoms with Gasteiger partial charge in [0.05, 0.1) is 5.69 Å². The maximum absolute atomic E-state index is 13.0. The highest BCUT2D eigenvalue weighted by molar-refractivity contribution is 9.10. The number of carbonyl (C=O) groups excluding carboxylic acids is 1. The lowest BCUT2D eigenvalue weighted by molar-refractivity contribution is -0.139. The lowest BCUT2D eigenvalue weighted by atomic mass is 10.2. The van der Waals surface area contributed by atoms with Crippen molar-refractivity contribution in [3.05, 3.63) is 28.5 Å². The lowest BCUT2D eigenvalue weighted by Gasteiger charge is -2.15. The molecule has 1 aromatic rings. The van der Waals surface area contributed by atoms with E-state index in [2.05, 4.69) is 26.6 Å². The molecular weight excluding hydrogens is 319 g/mol. The Hall–Kier alpha value is -1.63. The molecule has 7 heteroatoms. The summed E-state index contributed by atoms with van der Waals surface area (Å²) in [6, 6.07) is 2.30. The molecule has 102 valence electrons. The number of amides is 2. The van der Waals surface area contributed by atoms with Gasteiger partial charge in [0.25, 0.3) is 0 Å². The van der Waals surface area contributed by atoms with Crippen LogP contribution >= 0.6 is 15.9 Å². The first-order chi connectivity index (χ1) is 8.97. The third-order valence-corrected chi connectivity index (χ3v) is 3.51. The van der Waals surface area contributed by atoms with Crippen molar-refractivity contribution in [2.24, 2.45) is 5.92 Å². The van der Waals surface area contributed by atoms with Crippen molar-refractivity contribution in [1.29, 1.82) is 0 Å². The third-order valence-electron chi connectivity index (χ3n) is 2.82. The summed E-state index contributed by atoms with van der Waals surface area (Å²) < 4.78 is 13.6. The number of carboxylic acid groups (broad SMARTS) is 1. The molecule has 1 aliphatic rings. The van der Waals surface area contributed by atoms with Gasteiger partial charge in [0.2, 0.25) is 0 Å². The fourth-order valence-corrected chi connectivity index (χ4v) is 2.05. The summed E-state index contributed by atoms with van der Waals surface area (Å²) in [7, 11) is 0. The molecular formula is C12H12BrFN2O3. The molecule has 5 nitrogen and oxygen atoms in total. The molecule has 2 amide bonds. The van der Waals surface area contributed by atoms with Crippen molar-refractivity contribution in [1.82, 2.24) is 5.32 Å². The average molecular weight is 331 g/mol. The van der Waals surface area contributed by atoms with Crippen molar-refractivity contribution in [2.45, 2.75) is 18.9 Å². The number of urea groups is 1. The summed E-state index contributed by atoms with van der Waals surface area (Å²) in [6.07, 6.45) is 1.59. The van der Waals surface area contributed by atoms with Gasteiger partial charge < -0.3 is 15.7 Å². The smallest absolute Gasteiger partial charge is 0.326 e. The Morgan fingerprint density at radius 3 is 2.68 bits per heavy atom. The van der Waals surface area contributed by atoms with Gasteiger partial charge in [-0.3, -0.25) is 0 Å². The van der Waals surface area contributed by atoms with Crippen molar-refractivity contribution < 1.29 is 19.1 Å². The topological polar surface area (TPSA) is 78.4 Å². The normalized spacial score (nSPS) is 15.7. The van der Waals surface area contributed by atoms with Crippen LogP contribution < -0.4 is 10.6 Å². The minimum atomic E-state index is -1.06. The van der Waals surface area contributed by atoms with E-state index < -0.39 is 23.9 Å². The zero-order chi connectivity index (χ0) is 14.0. The molecule has 0 aromatic heterocycles. The van der Waals surface area contributed by atoms with E-state index in [0.29, 0.717) is 4.47 Å². The van der Waals surface area contributed by atoms with Crippen LogP contribution in [0.5, 0.6) is 0 Å². The van der Waals surface area contributed by atoms with E-state index in [-0.39, 0.29) is 11.6 Å². The van der Waals surface area contributed by atoms with Crippen molar-refractivity contribution in [2.75, 3.05) is 5.32 Å². The summed E-state index contributed by atoms with van der Waals surface area (Å²) >= 11 is 3.17. The second-order valence-corrected chi connectivity index (χ2v) is 5.23. The van der Waals surface area contributed by atoms with Gasteiger partial charge in [0.15, 0.2) is 0 Å². The lowest BCUT2D eigenvalue weighted by Crippen LogP contribution is -2.44. The standard InChI is InChI=1S/C12H12BrFN2O3/c13-8-4-3-7(14)5-9(8)15-12(19)16-10(11(17)18)6-1-2-6/h3-6,10H,1-2H2,(H,17,18)(H2,15,16,19). The Labute approximate surface area is 117 Å². The predicted molar refractivity (Wildman–Crippen MR) is 70.4 cm³/mol. The minimum absolute atomic E-state index is 0.0146. The molecule has 3 N–H and O–H groups in total. The Kier molecular flexibility index (Phi) is 4.04. The van der Waals surface area contributed by atoms with E-state index in [9.17, 15) is 14.0 Å². The fraction of sp³-hybridized carbons (Fsp3) is 0.333. The molecule has 0 bridgehead atoms. The van der Waals surface area contributed by atoms with Crippen LogP contribution in [0.15, 0.2) is 22.7 Å². The van der Waals surface area contributed by atoms with Crippen molar-refractivity contribution >= 4 is 33.6 Å². The number of carbonyl (C=O) groups is 2. The van der Waals surface area contributed by atoms with Gasteiger partial charge in [-0.2, -0.15) is 0 Å². The predicted octanol–water partition coefficient (Wildman–Crippen LogP) is 2.57. The van der Waals surface area contributed by atoms with E-state index >= 15 is 0 Å². The third kappa shape index (κ3) is 3.66. The monoisotopic (exact) mass is 330 g/mol. The molecule has 1 unspecified atom stereocenters. The summed E-state index contributed by atoms with van der Waals surface area (Å²) in [4.78, 5) is 22.7. The van der Waals surface area contributed by atoms with Crippen LogP contribution in [0.1, 0.15) is 12.8 Å². The van der Waals surface area contributed by atoms with E-state index in [1.54, 1.807) is 0 Å². The average Bonchev–Trinajstić information content (AvgIpc) is 3.14. The number of carboxylic acids is 1. The number of nitrogens with one attached hydrogen (secondary N) is 2. The van der Waals surface area contributed by atoms with Crippen molar-refractivity contribution in [3.8, 4) is 0 Å². The molecule has 1 saturated carbocycles. The largest absolute Gasteiger partial charge is 0.480 e. The molecule has 1 aromatic carbocycles. The first-order valence-electron chi connectivity index (χ1n) is 5.73. The van der Waals surface area contributed by atoms with Gasteiger partial charge in [0, 0.05) is 4.47 Å². The highest BCUT2D eigenvalue weighted by atomic mass is 79.9. The summed E-state index contributed by atoms with van der Waals surface area (Å²) in [6.45, 7) is 0. The second kappa shape index (κ2) is 5.56. The minimum Gasteiger partial charge on any atom is -0.480 e. The van der Waals surface area contributed by atoms with E-state index in [4.69, 9.17) is 5.11 Å². The number of rotatable bonds is 4. The SMILES string of the molecule is O=C(Nc1cc(F)ccc1Br)NC(C(=O)O)C1CC1. The van der Waals surface area contributed by atoms with Crippen LogP contribution in [0.25, 0.3) is 0 Å². The zero-order valence-corrected chi connectivity index (χ0v) is 11.4. The highest BCUT2D eigenvalue weighted by Crippen LogP contribution is 2.32. The molecule has 0 saturated heterocycles. The zero-order valence-electron chi connectivity index (χ0n) is 9.82. The Morgan fingerprint density at radius 2 is 2.11 bits per heavy atom. The quantitative estimate of drug-likeness (QED) is 0.793. The Bertz CT molecular complexity index is 520. The van der Waals surface area contributed by atoms with E-state index in [0.717, 1.165) is 18.9 Å². The van der Waals surface area contributed by atoms with E-state index in [1.807, 2.05) is 0 Å². The highest BCUT2D eigenvalue weighted by Gasteiger charge is 2.37. The van der Waals surface area contributed by atoms with Crippen LogP contribution in [0, 0.1) is 11.7 Å². The van der Waals surface area contributed by atoms with E-state index in [1.165, 1.54) is 12.1 Å². The molecule has 0 heterocycles. The molecule has 1 atom stereocenters. The number of hydrogen-bond acceptors (Lipinski definition) is 2. The first-order valence-corrected chi connectivity index (χ1v) is 6.52. The summed E-state index contributed by atoms with van der Waals surface area (Å²) in [5, 5.41) is 13.8. The van der Waals surface area contributed by atoms with Gasteiger partial charge in [-0.1, -0.05) is 0 Å². The van der Waals surface area contributed by atoms with Gasteiger partial charge in [-0.15, -0.1) is 0 Å². The van der Waals surface area contributed by atoms with Gasteiger partial charge in [-0.25, -0.2) is 14.0 Å². The van der Waals surface area contributed by atoms with Crippen LogP contribution in [0.2, 0.25) is 0 Å². The number of hydrogen-bond donors (Lipinski definition) is 3. The number of anilines is 1. The number of aliphatic carboxylic acids is 1. The first kappa shape index (κ1) is 13.8. The molecule has 1 aliphatic carbocycles. The Morgan fingerprint density at radius 1 is 1.42 bits per heavy atom. The fourth-order valence-electron chi connectivity index (χ4n) is 1.70. The molecule has 0 radical (unpaired) electrons. The van der Waals surface area contributed by atoms with Crippen LogP contribution in [-0.2, 0) is 4.79 Å². The number of halogens is 2. The second-order valence-electron chi connectivity index (χ2n) is 4.38. The molecule has 19 heavy (non-hydrogen) atoms. The molecule has 2 rings (SSSR count). The van der Waals surface area contributed by atoms with Crippen molar-refractivity contribution in [3.63, 3.8) is 0 Å². The van der Waals surface area contributed by atoms with Gasteiger partial charge >= 0.3 is 12.0 Å². The Balaban J connectivity index is 2.00. The molecule has 0 aliphatic heterocycles. The summed E-state index contributed by atoms with van der Waals surface area (Å²) in [5.74, 6) is -1.56. The summed E-state index contributed by atoms with van der Waals surface area (Å²) in [5.41, 5.74) is 0.248. The molecule has 0 spiro atoms. The van der Waals surface area contributed by atoms with Gasteiger partial charge in [0.1, 0.15) is 11.9 Å².